The van der Waals surface area contributed by atoms with Gasteiger partial charge in [0.05, 0.1) is 40.3 Å². The maximum absolute atomic E-state index is 12.9. The van der Waals surface area contributed by atoms with Gasteiger partial charge in [-0.25, -0.2) is 0 Å². The van der Waals surface area contributed by atoms with Crippen LogP contribution in [0.4, 0.5) is 0 Å². The van der Waals surface area contributed by atoms with E-state index < -0.39 is 24.3 Å². The molecule has 2 atom stereocenters. The predicted molar refractivity (Wildman–Crippen MR) is 371 cm³/mol. The van der Waals surface area contributed by atoms with Crippen molar-refractivity contribution < 1.29 is 42.9 Å². The number of hydrogen-bond acceptors (Lipinski definition) is 8. The molecule has 0 aromatic rings. The lowest BCUT2D eigenvalue weighted by Crippen LogP contribution is -2.44. The molecular weight excluding hydrogens is 1080 g/mol. The van der Waals surface area contributed by atoms with Crippen LogP contribution in [-0.2, 0) is 33.3 Å². The number of unbranched alkanes of at least 4 members (excludes halogenated alkanes) is 39. The number of likely N-dealkylation sites (N-methyl/N-ethyl adjacent to an activating group) is 1. The number of hydrogen-bond donors (Lipinski definition) is 0. The molecule has 9 heteroatoms. The third-order valence-electron chi connectivity index (χ3n) is 16.1. The summed E-state index contributed by atoms with van der Waals surface area (Å²) in [5.41, 5.74) is 0. The number of carboxylic acid groups (broad SMARTS) is 1. The Morgan fingerprint density at radius 1 is 0.356 bits per heavy atom. The molecule has 0 heterocycles. The zero-order valence-corrected chi connectivity index (χ0v) is 57.6. The zero-order chi connectivity index (χ0) is 63.3. The highest BCUT2D eigenvalue weighted by molar-refractivity contribution is 5.70. The molecule has 0 aliphatic heterocycles. The third-order valence-corrected chi connectivity index (χ3v) is 16.1. The molecule has 0 bridgehead atoms. The lowest BCUT2D eigenvalue weighted by molar-refractivity contribution is -0.870. The summed E-state index contributed by atoms with van der Waals surface area (Å²) in [4.78, 5) is 37.5. The number of allylic oxidation sites excluding steroid dienone is 14. The molecule has 0 aliphatic rings. The number of esters is 2. The Morgan fingerprint density at radius 2 is 0.655 bits per heavy atom. The summed E-state index contributed by atoms with van der Waals surface area (Å²) in [6.45, 7) is 4.66. The fourth-order valence-corrected chi connectivity index (χ4v) is 10.5. The molecule has 87 heavy (non-hydrogen) atoms. The van der Waals surface area contributed by atoms with Crippen molar-refractivity contribution in [3.8, 4) is 0 Å². The van der Waals surface area contributed by atoms with Crippen LogP contribution in [0, 0.1) is 0 Å². The predicted octanol–water partition coefficient (Wildman–Crippen LogP) is 21.7. The summed E-state index contributed by atoms with van der Waals surface area (Å²) in [6.07, 6.45) is 89.7. The second-order valence-electron chi connectivity index (χ2n) is 25.9. The minimum absolute atomic E-state index is 0.147. The Bertz CT molecular complexity index is 1700. The largest absolute Gasteiger partial charge is 0.545 e. The molecule has 0 aliphatic carbocycles. The number of ether oxygens (including phenoxy) is 4. The van der Waals surface area contributed by atoms with Crippen LogP contribution in [0.25, 0.3) is 0 Å². The minimum Gasteiger partial charge on any atom is -0.545 e. The average Bonchev–Trinajstić information content (AvgIpc) is 3.55. The van der Waals surface area contributed by atoms with E-state index in [9.17, 15) is 19.5 Å². The Hall–Kier alpha value is -3.53. The summed E-state index contributed by atoms with van der Waals surface area (Å²) >= 11 is 0. The Morgan fingerprint density at radius 3 is 0.977 bits per heavy atom. The van der Waals surface area contributed by atoms with Gasteiger partial charge in [0.25, 0.3) is 0 Å². The van der Waals surface area contributed by atoms with Crippen LogP contribution >= 0.6 is 0 Å². The van der Waals surface area contributed by atoms with Crippen LogP contribution in [0.15, 0.2) is 85.1 Å². The first kappa shape index (κ1) is 83.5. The van der Waals surface area contributed by atoms with Crippen molar-refractivity contribution in [2.45, 2.75) is 347 Å². The molecule has 0 fully saturated rings. The van der Waals surface area contributed by atoms with Gasteiger partial charge in [-0.1, -0.05) is 317 Å². The molecule has 0 amide bonds. The Balaban J connectivity index is 4.01. The van der Waals surface area contributed by atoms with E-state index in [1.54, 1.807) is 0 Å². The van der Waals surface area contributed by atoms with E-state index >= 15 is 0 Å². The molecule has 0 aromatic carbocycles. The summed E-state index contributed by atoms with van der Waals surface area (Å²) in [7, 11) is 5.94. The van der Waals surface area contributed by atoms with Gasteiger partial charge in [0.2, 0.25) is 0 Å². The number of carboxylic acids is 1. The van der Waals surface area contributed by atoms with Crippen LogP contribution in [0.2, 0.25) is 0 Å². The molecule has 0 saturated heterocycles. The average molecular weight is 1220 g/mol. The van der Waals surface area contributed by atoms with Crippen molar-refractivity contribution in [1.29, 1.82) is 0 Å². The maximum Gasteiger partial charge on any atom is 0.306 e. The van der Waals surface area contributed by atoms with Gasteiger partial charge in [-0.05, 0) is 89.9 Å². The summed E-state index contributed by atoms with van der Waals surface area (Å²) in [5, 5.41) is 11.8. The third kappa shape index (κ3) is 69.8. The van der Waals surface area contributed by atoms with E-state index in [2.05, 4.69) is 98.9 Å². The van der Waals surface area contributed by atoms with Gasteiger partial charge in [-0.15, -0.1) is 0 Å². The number of quaternary nitrogens is 1. The standard InChI is InChI=1S/C78H139NO8/c1-6-8-10-12-14-16-18-20-22-24-26-28-30-31-32-33-34-35-36-37-38-39-40-41-42-43-44-45-47-49-51-53-55-57-59-61-63-65-67-69-76(81)87-74(73-86-78(77(82)83)84-71-70-79(3,4)5)72-85-75(80)68-66-64-62-60-58-56-54-52-50-48-46-29-27-25-23-21-19-17-15-13-11-9-7-2/h8,10,14,16,19-22,25-28,31-32,74,78H,6-7,9,11-13,15,17-18,23-24,29-30,33-73H2,1-5H3/b10-8-,16-14-,21-19-,22-20-,27-25-,28-26-,32-31-. The molecule has 2 unspecified atom stereocenters. The molecular formula is C78H139NO8. The lowest BCUT2D eigenvalue weighted by atomic mass is 10.0. The molecule has 504 valence electrons. The first-order valence-electron chi connectivity index (χ1n) is 36.7. The fraction of sp³-hybridized carbons (Fsp3) is 0.782. The normalized spacial score (nSPS) is 13.2. The van der Waals surface area contributed by atoms with Gasteiger partial charge in [0.15, 0.2) is 12.4 Å². The van der Waals surface area contributed by atoms with Crippen molar-refractivity contribution in [2.24, 2.45) is 0 Å². The van der Waals surface area contributed by atoms with Gasteiger partial charge >= 0.3 is 11.9 Å². The molecule has 0 radical (unpaired) electrons. The molecule has 0 saturated carbocycles. The second kappa shape index (κ2) is 68.4. The van der Waals surface area contributed by atoms with Gasteiger partial charge < -0.3 is 33.3 Å². The molecule has 0 aromatic heterocycles. The van der Waals surface area contributed by atoms with Gasteiger partial charge in [0, 0.05) is 12.8 Å². The summed E-state index contributed by atoms with van der Waals surface area (Å²) < 4.78 is 22.8. The van der Waals surface area contributed by atoms with Crippen molar-refractivity contribution in [3.63, 3.8) is 0 Å². The number of aliphatic carboxylic acids is 1. The Labute approximate surface area is 538 Å². The van der Waals surface area contributed by atoms with E-state index in [0.717, 1.165) is 70.6 Å². The molecule has 0 spiro atoms. The maximum atomic E-state index is 12.9. The first-order chi connectivity index (χ1) is 42.6. The number of nitrogens with zero attached hydrogens (tertiary/aromatic N) is 1. The second-order valence-corrected chi connectivity index (χ2v) is 25.9. The summed E-state index contributed by atoms with van der Waals surface area (Å²) in [5.74, 6) is -2.27. The van der Waals surface area contributed by atoms with Crippen LogP contribution in [-0.4, -0.2) is 82.3 Å². The van der Waals surface area contributed by atoms with Crippen molar-refractivity contribution >= 4 is 17.9 Å². The van der Waals surface area contributed by atoms with E-state index in [4.69, 9.17) is 18.9 Å². The lowest BCUT2D eigenvalue weighted by Gasteiger charge is -2.26. The number of carbonyl (C=O) groups is 3. The smallest absolute Gasteiger partial charge is 0.306 e. The van der Waals surface area contributed by atoms with Gasteiger partial charge in [0.1, 0.15) is 13.2 Å². The first-order valence-corrected chi connectivity index (χ1v) is 36.7. The highest BCUT2D eigenvalue weighted by Gasteiger charge is 2.22. The highest BCUT2D eigenvalue weighted by Crippen LogP contribution is 2.18. The SMILES string of the molecule is CC/C=C\C/C=C\C/C=C\C/C=C\C/C=C\CCCCCCCCCCCCCCCCCCCCCCCCCC(=O)OC(COC(=O)CCCCCCCCCCCCC/C=C\C/C=C\CCCCCCC)COC(OCC[N+](C)(C)C)C(=O)[O-]. The fourth-order valence-electron chi connectivity index (χ4n) is 10.5. The van der Waals surface area contributed by atoms with E-state index in [0.29, 0.717) is 23.9 Å². The Kier molecular flexibility index (Phi) is 65.6. The van der Waals surface area contributed by atoms with Crippen molar-refractivity contribution in [1.82, 2.24) is 0 Å². The van der Waals surface area contributed by atoms with Crippen LogP contribution in [0.1, 0.15) is 335 Å². The van der Waals surface area contributed by atoms with E-state index in [1.165, 1.54) is 231 Å². The molecule has 0 N–H and O–H groups in total. The number of rotatable bonds is 68. The van der Waals surface area contributed by atoms with Crippen molar-refractivity contribution in [3.05, 3.63) is 85.1 Å². The topological polar surface area (TPSA) is 111 Å². The highest BCUT2D eigenvalue weighted by atomic mass is 16.7. The molecule has 0 rings (SSSR count). The minimum atomic E-state index is -1.62. The van der Waals surface area contributed by atoms with Gasteiger partial charge in [-0.3, -0.25) is 9.59 Å². The molecule has 9 nitrogen and oxygen atoms in total. The summed E-state index contributed by atoms with van der Waals surface area (Å²) in [6, 6.07) is 0. The van der Waals surface area contributed by atoms with Crippen LogP contribution in [0.3, 0.4) is 0 Å². The number of carbonyl (C=O) groups excluding carboxylic acids is 3. The van der Waals surface area contributed by atoms with E-state index in [1.807, 2.05) is 21.1 Å². The zero-order valence-electron chi connectivity index (χ0n) is 57.6. The van der Waals surface area contributed by atoms with Crippen LogP contribution in [0.5, 0.6) is 0 Å². The van der Waals surface area contributed by atoms with Crippen molar-refractivity contribution in [2.75, 3.05) is 47.5 Å². The quantitative estimate of drug-likeness (QED) is 0.0195. The van der Waals surface area contributed by atoms with Gasteiger partial charge in [-0.2, -0.15) is 0 Å². The van der Waals surface area contributed by atoms with Crippen LogP contribution < -0.4 is 5.11 Å². The monoisotopic (exact) mass is 1220 g/mol. The van der Waals surface area contributed by atoms with E-state index in [-0.39, 0.29) is 32.2 Å².